The van der Waals surface area contributed by atoms with Gasteiger partial charge in [-0.25, -0.2) is 0 Å². The Balaban J connectivity index is 0.000000118. The van der Waals surface area contributed by atoms with E-state index in [9.17, 15) is 0 Å². The number of para-hydroxylation sites is 2. The molecule has 48 heavy (non-hydrogen) atoms. The third-order valence-electron chi connectivity index (χ3n) is 9.92. The van der Waals surface area contributed by atoms with E-state index in [1.54, 1.807) is 0 Å². The second kappa shape index (κ2) is 10.3. The molecular formula is C40H24N4S4. The van der Waals surface area contributed by atoms with Crippen LogP contribution in [0.25, 0.3) is 41.8 Å². The number of nitrogens with zero attached hydrogens (tertiary/aromatic N) is 4. The molecule has 4 nitrogen and oxygen atoms in total. The summed E-state index contributed by atoms with van der Waals surface area (Å²) < 4.78 is 0. The standard InChI is InChI=1S/C23H15N3.C17H9NS4/c1-3-7-21-17(5-1)15-9-11-24-13-19(15)23-20-14-25-12-10-16(20)18-6-2-4-8-22(18)26(21)23;1-5-19-14-9(1)13-10-2-6-20-15(10)17-12(4-8-22-17)18(13)11-3-7-21-16(11)14/h1-14,23H;1-8,13H. The van der Waals surface area contributed by atoms with Crippen LogP contribution in [0.1, 0.15) is 34.3 Å². The molecule has 0 unspecified atom stereocenters. The number of pyridine rings is 2. The average molecular weight is 689 g/mol. The van der Waals surface area contributed by atoms with Crippen molar-refractivity contribution >= 4 is 68.1 Å². The van der Waals surface area contributed by atoms with Crippen molar-refractivity contribution in [2.24, 2.45) is 0 Å². The highest BCUT2D eigenvalue weighted by atomic mass is 32.1. The Labute approximate surface area is 293 Å². The Morgan fingerprint density at radius 2 is 0.833 bits per heavy atom. The zero-order valence-corrected chi connectivity index (χ0v) is 28.5. The summed E-state index contributed by atoms with van der Waals surface area (Å²) in [5, 5.41) is 8.94. The average Bonchev–Trinajstić information content (AvgIpc) is 3.98. The Bertz CT molecular complexity index is 2190. The highest BCUT2D eigenvalue weighted by molar-refractivity contribution is 7.22. The van der Waals surface area contributed by atoms with Gasteiger partial charge in [0.1, 0.15) is 0 Å². The van der Waals surface area contributed by atoms with E-state index >= 15 is 0 Å². The van der Waals surface area contributed by atoms with E-state index in [4.69, 9.17) is 0 Å². The zero-order valence-electron chi connectivity index (χ0n) is 25.3. The normalized spacial score (nSPS) is 14.4. The smallest absolute Gasteiger partial charge is 0.0887 e. The molecule has 228 valence electrons. The molecule has 2 aromatic carbocycles. The van der Waals surface area contributed by atoms with E-state index in [2.05, 4.69) is 126 Å². The van der Waals surface area contributed by atoms with Crippen molar-refractivity contribution in [2.45, 2.75) is 12.1 Å². The molecule has 0 saturated heterocycles. The second-order valence-corrected chi connectivity index (χ2v) is 15.8. The van der Waals surface area contributed by atoms with E-state index in [1.807, 2.05) is 70.1 Å². The van der Waals surface area contributed by atoms with Crippen molar-refractivity contribution in [3.63, 3.8) is 0 Å². The predicted molar refractivity (Wildman–Crippen MR) is 203 cm³/mol. The van der Waals surface area contributed by atoms with Crippen LogP contribution in [0.5, 0.6) is 0 Å². The van der Waals surface area contributed by atoms with Crippen LogP contribution in [0.3, 0.4) is 0 Å². The van der Waals surface area contributed by atoms with Crippen LogP contribution in [0, 0.1) is 0 Å². The van der Waals surface area contributed by atoms with Crippen molar-refractivity contribution in [3.05, 3.63) is 153 Å². The minimum absolute atomic E-state index is 0.0900. The minimum Gasteiger partial charge on any atom is -0.328 e. The van der Waals surface area contributed by atoms with Crippen molar-refractivity contribution in [1.29, 1.82) is 0 Å². The van der Waals surface area contributed by atoms with Crippen LogP contribution in [-0.2, 0) is 0 Å². The quantitative estimate of drug-likeness (QED) is 0.159. The van der Waals surface area contributed by atoms with Crippen LogP contribution in [-0.4, -0.2) is 9.97 Å². The number of anilines is 4. The molecule has 10 heterocycles. The van der Waals surface area contributed by atoms with Crippen molar-refractivity contribution in [2.75, 3.05) is 9.80 Å². The molecule has 0 amide bonds. The molecular weight excluding hydrogens is 665 g/mol. The summed E-state index contributed by atoms with van der Waals surface area (Å²) in [5.74, 6) is 0. The second-order valence-electron chi connectivity index (χ2n) is 12.2. The van der Waals surface area contributed by atoms with Crippen molar-refractivity contribution in [3.8, 4) is 41.8 Å². The first-order valence-corrected chi connectivity index (χ1v) is 19.3. The lowest BCUT2D eigenvalue weighted by atomic mass is 9.80. The van der Waals surface area contributed by atoms with E-state index < -0.39 is 0 Å². The first kappa shape index (κ1) is 27.1. The van der Waals surface area contributed by atoms with Gasteiger partial charge in [0.2, 0.25) is 0 Å². The molecule has 0 saturated carbocycles. The van der Waals surface area contributed by atoms with Gasteiger partial charge in [-0.3, -0.25) is 9.97 Å². The maximum absolute atomic E-state index is 4.44. The summed E-state index contributed by atoms with van der Waals surface area (Å²) >= 11 is 7.49. The summed E-state index contributed by atoms with van der Waals surface area (Å²) in [6.07, 6.45) is 7.78. The minimum atomic E-state index is 0.0900. The number of benzene rings is 2. The van der Waals surface area contributed by atoms with Gasteiger partial charge < -0.3 is 9.80 Å². The summed E-state index contributed by atoms with van der Waals surface area (Å²) in [5.41, 5.74) is 15.6. The summed E-state index contributed by atoms with van der Waals surface area (Å²) in [4.78, 5) is 19.7. The molecule has 4 aliphatic rings. The molecule has 12 rings (SSSR count). The summed E-state index contributed by atoms with van der Waals surface area (Å²) in [7, 11) is 0. The maximum Gasteiger partial charge on any atom is 0.0887 e. The van der Waals surface area contributed by atoms with E-state index in [1.165, 1.54) is 86.8 Å². The number of thiophene rings is 4. The SMILES string of the molecule is c1cc2c(s1)-c1sccc1N1c3ccsc3-c3sccc3C21.c1ccc2c(c1)-c1ccncc1C1c3cnccc3-c3ccccc3N21. The van der Waals surface area contributed by atoms with Gasteiger partial charge in [0.05, 0.1) is 43.0 Å². The van der Waals surface area contributed by atoms with Gasteiger partial charge in [-0.15, -0.1) is 45.3 Å². The lowest BCUT2D eigenvalue weighted by molar-refractivity contribution is 0.792. The maximum atomic E-state index is 4.44. The first-order valence-electron chi connectivity index (χ1n) is 15.8. The molecule has 0 fully saturated rings. The molecule has 0 spiro atoms. The fourth-order valence-electron chi connectivity index (χ4n) is 8.03. The van der Waals surface area contributed by atoms with E-state index in [-0.39, 0.29) is 6.04 Å². The fourth-order valence-corrected chi connectivity index (χ4v) is 12.1. The van der Waals surface area contributed by atoms with Crippen molar-refractivity contribution in [1.82, 2.24) is 9.97 Å². The molecule has 8 heteroatoms. The first-order chi connectivity index (χ1) is 23.9. The van der Waals surface area contributed by atoms with Gasteiger partial charge in [0, 0.05) is 58.4 Å². The Kier molecular flexibility index (Phi) is 5.83. The predicted octanol–water partition coefficient (Wildman–Crippen LogP) is 12.2. The van der Waals surface area contributed by atoms with Crippen LogP contribution in [0.15, 0.2) is 131 Å². The molecule has 0 N–H and O–H groups in total. The number of hydrogen-bond donors (Lipinski definition) is 0. The van der Waals surface area contributed by atoms with Crippen LogP contribution in [0.4, 0.5) is 22.7 Å². The Morgan fingerprint density at radius 1 is 0.396 bits per heavy atom. The topological polar surface area (TPSA) is 32.3 Å². The molecule has 0 bridgehead atoms. The molecule has 4 aliphatic heterocycles. The van der Waals surface area contributed by atoms with Crippen molar-refractivity contribution < 1.29 is 0 Å². The van der Waals surface area contributed by atoms with E-state index in [0.717, 1.165) is 0 Å². The van der Waals surface area contributed by atoms with E-state index in [0.29, 0.717) is 6.04 Å². The van der Waals surface area contributed by atoms with Crippen LogP contribution < -0.4 is 9.80 Å². The third-order valence-corrected chi connectivity index (χ3v) is 13.9. The molecule has 8 aromatic rings. The highest BCUT2D eigenvalue weighted by Crippen LogP contribution is 2.61. The van der Waals surface area contributed by atoms with Gasteiger partial charge in [-0.2, -0.15) is 0 Å². The zero-order chi connectivity index (χ0) is 31.3. The Morgan fingerprint density at radius 3 is 1.38 bits per heavy atom. The summed E-state index contributed by atoms with van der Waals surface area (Å²) in [6.45, 7) is 0. The number of aromatic nitrogens is 2. The number of hydrogen-bond acceptors (Lipinski definition) is 8. The van der Waals surface area contributed by atoms with Gasteiger partial charge in [-0.05, 0) is 92.3 Å². The number of fused-ring (bicyclic) bond motifs is 22. The van der Waals surface area contributed by atoms with Gasteiger partial charge in [0.25, 0.3) is 0 Å². The Hall–Kier alpha value is -4.86. The number of rotatable bonds is 0. The van der Waals surface area contributed by atoms with Crippen LogP contribution in [0.2, 0.25) is 0 Å². The monoisotopic (exact) mass is 688 g/mol. The summed E-state index contributed by atoms with van der Waals surface area (Å²) in [6, 6.07) is 31.2. The fraction of sp³-hybridized carbons (Fsp3) is 0.0500. The lowest BCUT2D eigenvalue weighted by Crippen LogP contribution is -2.32. The molecule has 0 atom stereocenters. The van der Waals surface area contributed by atoms with Gasteiger partial charge in [-0.1, -0.05) is 36.4 Å². The molecule has 6 aromatic heterocycles. The van der Waals surface area contributed by atoms with Gasteiger partial charge >= 0.3 is 0 Å². The lowest BCUT2D eigenvalue weighted by Gasteiger charge is -2.44. The van der Waals surface area contributed by atoms with Crippen LogP contribution >= 0.6 is 45.3 Å². The molecule has 0 radical (unpaired) electrons. The third kappa shape index (κ3) is 3.63. The highest BCUT2D eigenvalue weighted by Gasteiger charge is 2.41. The largest absolute Gasteiger partial charge is 0.328 e. The molecule has 0 aliphatic carbocycles. The van der Waals surface area contributed by atoms with Gasteiger partial charge in [0.15, 0.2) is 0 Å².